The van der Waals surface area contributed by atoms with Gasteiger partial charge in [0.1, 0.15) is 6.61 Å². The minimum absolute atomic E-state index is 0.154. The topological polar surface area (TPSA) is 38.8 Å². The molecule has 1 unspecified atom stereocenters. The number of benzene rings is 1. The standard InChI is InChI=1S/C23H33NO3/c1-3-4-5-6-7-8-12-15-21-18-22(26-2)16-17-24(21)23(25)27-19-20-13-10-9-11-14-20/h3,9-11,13-14,16,21H,1,4-8,12,15,17-19H2,2H3. The van der Waals surface area contributed by atoms with E-state index in [9.17, 15) is 4.79 Å². The van der Waals surface area contributed by atoms with Gasteiger partial charge in [0, 0.05) is 19.0 Å². The fourth-order valence-electron chi connectivity index (χ4n) is 3.42. The summed E-state index contributed by atoms with van der Waals surface area (Å²) in [7, 11) is 1.70. The molecular weight excluding hydrogens is 338 g/mol. The van der Waals surface area contributed by atoms with Crippen LogP contribution in [0.3, 0.4) is 0 Å². The highest BCUT2D eigenvalue weighted by molar-refractivity contribution is 5.68. The van der Waals surface area contributed by atoms with Gasteiger partial charge in [0.2, 0.25) is 0 Å². The van der Waals surface area contributed by atoms with Gasteiger partial charge in [-0.2, -0.15) is 0 Å². The van der Waals surface area contributed by atoms with Crippen LogP contribution in [0.2, 0.25) is 0 Å². The Balaban J connectivity index is 1.80. The summed E-state index contributed by atoms with van der Waals surface area (Å²) in [4.78, 5) is 14.5. The van der Waals surface area contributed by atoms with Crippen molar-refractivity contribution in [1.29, 1.82) is 0 Å². The number of nitrogens with zero attached hydrogens (tertiary/aromatic N) is 1. The summed E-state index contributed by atoms with van der Waals surface area (Å²) in [5.74, 6) is 0.970. The summed E-state index contributed by atoms with van der Waals surface area (Å²) in [5.41, 5.74) is 1.01. The lowest BCUT2D eigenvalue weighted by Gasteiger charge is -2.34. The molecule has 0 aliphatic carbocycles. The summed E-state index contributed by atoms with van der Waals surface area (Å²) in [6.07, 6.45) is 12.6. The van der Waals surface area contributed by atoms with E-state index in [2.05, 4.69) is 6.58 Å². The normalized spacial score (nSPS) is 16.6. The maximum Gasteiger partial charge on any atom is 0.410 e. The Labute approximate surface area is 163 Å². The van der Waals surface area contributed by atoms with Gasteiger partial charge in [-0.1, -0.05) is 62.1 Å². The molecular formula is C23H33NO3. The van der Waals surface area contributed by atoms with Crippen LogP contribution in [0.1, 0.15) is 56.9 Å². The Hall–Kier alpha value is -2.23. The second-order valence-corrected chi connectivity index (χ2v) is 7.06. The predicted molar refractivity (Wildman–Crippen MR) is 109 cm³/mol. The maximum absolute atomic E-state index is 12.6. The van der Waals surface area contributed by atoms with E-state index in [1.165, 1.54) is 25.7 Å². The van der Waals surface area contributed by atoms with Gasteiger partial charge in [-0.25, -0.2) is 4.79 Å². The number of hydrogen-bond donors (Lipinski definition) is 0. The van der Waals surface area contributed by atoms with Crippen molar-refractivity contribution in [3.63, 3.8) is 0 Å². The van der Waals surface area contributed by atoms with Gasteiger partial charge in [-0.3, -0.25) is 0 Å². The second-order valence-electron chi connectivity index (χ2n) is 7.06. The van der Waals surface area contributed by atoms with Crippen LogP contribution in [0.4, 0.5) is 4.79 Å². The average Bonchev–Trinajstić information content (AvgIpc) is 2.72. The number of amides is 1. The number of carbonyl (C=O) groups excluding carboxylic acids is 1. The molecule has 0 radical (unpaired) electrons. The lowest BCUT2D eigenvalue weighted by molar-refractivity contribution is 0.0741. The maximum atomic E-state index is 12.6. The molecule has 1 aromatic carbocycles. The van der Waals surface area contributed by atoms with Crippen molar-refractivity contribution in [2.45, 2.75) is 64.0 Å². The molecule has 27 heavy (non-hydrogen) atoms. The van der Waals surface area contributed by atoms with Crippen molar-refractivity contribution < 1.29 is 14.3 Å². The molecule has 0 N–H and O–H groups in total. The molecule has 1 aromatic rings. The molecule has 0 spiro atoms. The Kier molecular flexibility index (Phi) is 9.53. The number of ether oxygens (including phenoxy) is 2. The Morgan fingerprint density at radius 1 is 1.19 bits per heavy atom. The van der Waals surface area contributed by atoms with Crippen molar-refractivity contribution in [1.82, 2.24) is 4.90 Å². The minimum atomic E-state index is -0.235. The van der Waals surface area contributed by atoms with Crippen molar-refractivity contribution >= 4 is 6.09 Å². The average molecular weight is 372 g/mol. The summed E-state index contributed by atoms with van der Waals surface area (Å²) in [6, 6.07) is 9.96. The largest absolute Gasteiger partial charge is 0.501 e. The van der Waals surface area contributed by atoms with Crippen LogP contribution in [0, 0.1) is 0 Å². The molecule has 1 amide bonds. The molecule has 4 heteroatoms. The van der Waals surface area contributed by atoms with Crippen molar-refractivity contribution in [3.8, 4) is 0 Å². The van der Waals surface area contributed by atoms with E-state index in [-0.39, 0.29) is 12.1 Å². The Morgan fingerprint density at radius 2 is 1.93 bits per heavy atom. The Bertz CT molecular complexity index is 597. The molecule has 0 saturated carbocycles. The third kappa shape index (κ3) is 7.49. The van der Waals surface area contributed by atoms with Crippen LogP contribution in [0.15, 0.2) is 54.8 Å². The summed E-state index contributed by atoms with van der Waals surface area (Å²) >= 11 is 0. The molecule has 1 aliphatic heterocycles. The van der Waals surface area contributed by atoms with Gasteiger partial charge in [0.05, 0.1) is 12.9 Å². The number of rotatable bonds is 11. The monoisotopic (exact) mass is 371 g/mol. The lowest BCUT2D eigenvalue weighted by Crippen LogP contribution is -2.43. The molecule has 1 aliphatic rings. The molecule has 0 bridgehead atoms. The molecule has 1 heterocycles. The fourth-order valence-corrected chi connectivity index (χ4v) is 3.42. The van der Waals surface area contributed by atoms with Crippen LogP contribution in [-0.2, 0) is 16.1 Å². The fraction of sp³-hybridized carbons (Fsp3) is 0.522. The number of carbonyl (C=O) groups is 1. The van der Waals surface area contributed by atoms with E-state index in [1.807, 2.05) is 47.4 Å². The van der Waals surface area contributed by atoms with Crippen molar-refractivity contribution in [2.75, 3.05) is 13.7 Å². The number of unbranched alkanes of at least 4 members (excludes halogenated alkanes) is 5. The quantitative estimate of drug-likeness (QED) is 0.362. The summed E-state index contributed by atoms with van der Waals surface area (Å²) < 4.78 is 11.0. The minimum Gasteiger partial charge on any atom is -0.501 e. The predicted octanol–water partition coefficient (Wildman–Crippen LogP) is 5.84. The van der Waals surface area contributed by atoms with Gasteiger partial charge in [0.15, 0.2) is 0 Å². The van der Waals surface area contributed by atoms with E-state index in [0.717, 1.165) is 37.0 Å². The zero-order valence-electron chi connectivity index (χ0n) is 16.6. The first-order valence-corrected chi connectivity index (χ1v) is 10.1. The first kappa shape index (κ1) is 21.1. The Morgan fingerprint density at radius 3 is 2.67 bits per heavy atom. The van der Waals surface area contributed by atoms with Crippen LogP contribution in [-0.4, -0.2) is 30.7 Å². The SMILES string of the molecule is C=CCCCCCCCC1CC(OC)=CCN1C(=O)OCc1ccccc1. The molecule has 4 nitrogen and oxygen atoms in total. The first-order valence-electron chi connectivity index (χ1n) is 10.1. The van der Waals surface area contributed by atoms with Gasteiger partial charge in [-0.05, 0) is 30.9 Å². The van der Waals surface area contributed by atoms with Gasteiger partial charge in [0.25, 0.3) is 0 Å². The lowest BCUT2D eigenvalue weighted by atomic mass is 9.99. The zero-order valence-corrected chi connectivity index (χ0v) is 16.6. The van der Waals surface area contributed by atoms with Crippen LogP contribution >= 0.6 is 0 Å². The van der Waals surface area contributed by atoms with Crippen LogP contribution in [0.25, 0.3) is 0 Å². The van der Waals surface area contributed by atoms with E-state index in [0.29, 0.717) is 13.2 Å². The van der Waals surface area contributed by atoms with E-state index in [1.54, 1.807) is 7.11 Å². The van der Waals surface area contributed by atoms with Crippen LogP contribution in [0.5, 0.6) is 0 Å². The van der Waals surface area contributed by atoms with Crippen molar-refractivity contribution in [3.05, 3.63) is 60.4 Å². The van der Waals surface area contributed by atoms with Gasteiger partial charge < -0.3 is 14.4 Å². The van der Waals surface area contributed by atoms with Crippen molar-refractivity contribution in [2.24, 2.45) is 0 Å². The number of hydrogen-bond acceptors (Lipinski definition) is 3. The zero-order chi connectivity index (χ0) is 19.3. The molecule has 148 valence electrons. The highest BCUT2D eigenvalue weighted by Crippen LogP contribution is 2.24. The van der Waals surface area contributed by atoms with Crippen LogP contribution < -0.4 is 0 Å². The van der Waals surface area contributed by atoms with Gasteiger partial charge >= 0.3 is 6.09 Å². The molecule has 0 saturated heterocycles. The van der Waals surface area contributed by atoms with Gasteiger partial charge in [-0.15, -0.1) is 6.58 Å². The second kappa shape index (κ2) is 12.2. The third-order valence-corrected chi connectivity index (χ3v) is 5.04. The number of methoxy groups -OCH3 is 1. The molecule has 2 rings (SSSR count). The molecule has 0 aromatic heterocycles. The summed E-state index contributed by atoms with van der Waals surface area (Å²) in [5, 5.41) is 0. The van der Waals surface area contributed by atoms with E-state index >= 15 is 0 Å². The highest BCUT2D eigenvalue weighted by atomic mass is 16.6. The molecule has 0 fully saturated rings. The summed E-state index contributed by atoms with van der Waals surface area (Å²) in [6.45, 7) is 4.63. The first-order chi connectivity index (χ1) is 13.2. The number of allylic oxidation sites excluding steroid dienone is 1. The third-order valence-electron chi connectivity index (χ3n) is 5.04. The highest BCUT2D eigenvalue weighted by Gasteiger charge is 2.28. The van der Waals surface area contributed by atoms with E-state index in [4.69, 9.17) is 9.47 Å². The molecule has 1 atom stereocenters. The smallest absolute Gasteiger partial charge is 0.410 e. The van der Waals surface area contributed by atoms with E-state index < -0.39 is 0 Å².